The van der Waals surface area contributed by atoms with Gasteiger partial charge < -0.3 is 64.5 Å². The van der Waals surface area contributed by atoms with Gasteiger partial charge in [0, 0.05) is 74.8 Å². The third kappa shape index (κ3) is 17.3. The number of Topliss-reactive ketones (excluding diaryl/α,β-unsaturated/α-hetero) is 2. The van der Waals surface area contributed by atoms with Crippen LogP contribution in [-0.2, 0) is 47.2 Å². The third-order valence-electron chi connectivity index (χ3n) is 13.6. The van der Waals surface area contributed by atoms with Crippen LogP contribution >= 0.6 is 7.82 Å². The molecule has 2 aliphatic rings. The molecule has 6 rings (SSSR count). The van der Waals surface area contributed by atoms with Crippen molar-refractivity contribution in [2.45, 2.75) is 88.2 Å². The summed E-state index contributed by atoms with van der Waals surface area (Å²) in [6, 6.07) is 26.7. The molecule has 80 heavy (non-hydrogen) atoms. The van der Waals surface area contributed by atoms with Gasteiger partial charge in [0.05, 0.1) is 13.2 Å². The van der Waals surface area contributed by atoms with Crippen LogP contribution in [0.2, 0.25) is 0 Å². The second kappa shape index (κ2) is 30.0. The van der Waals surface area contributed by atoms with Crippen molar-refractivity contribution in [2.24, 2.45) is 0 Å². The van der Waals surface area contributed by atoms with Gasteiger partial charge in [0.25, 0.3) is 23.6 Å². The van der Waals surface area contributed by atoms with Crippen LogP contribution in [0, 0.1) is 23.7 Å². The molecule has 0 saturated carbocycles. The summed E-state index contributed by atoms with van der Waals surface area (Å²) in [6.07, 6.45) is 2.95. The molecule has 4 amide bonds. The van der Waals surface area contributed by atoms with Crippen LogP contribution in [0.3, 0.4) is 0 Å². The van der Waals surface area contributed by atoms with Gasteiger partial charge in [-0.3, -0.25) is 33.3 Å². The molecule has 0 aliphatic carbocycles. The minimum absolute atomic E-state index is 0.148. The SMILES string of the molecule is CNC(=O)[C@@](C)(C(=O)CO)N(C)C(=O)c1ccc(C#Cc2ccc([C@H](O)COP(=O)(O)O)cc2)cc1.CNC(=O)[C@@](C)(C(=O)COC1CCCCO1)N(C)C(=O)c1ccc(C#Cc2ccc([C@@H](CO)OC3CCCCO3)cc2)cc1. The molecule has 6 atom stereocenters. The maximum absolute atomic E-state index is 13.4. The van der Waals surface area contributed by atoms with Crippen LogP contribution in [0.4, 0.5) is 0 Å². The van der Waals surface area contributed by atoms with E-state index >= 15 is 0 Å². The summed E-state index contributed by atoms with van der Waals surface area (Å²) in [6.45, 7) is 1.94. The molecule has 2 heterocycles. The Kier molecular flexibility index (Phi) is 24.0. The summed E-state index contributed by atoms with van der Waals surface area (Å²) < 4.78 is 37.8. The van der Waals surface area contributed by atoms with Gasteiger partial charge in [-0.2, -0.15) is 0 Å². The Morgan fingerprint density at radius 2 is 1.04 bits per heavy atom. The number of phosphoric acid groups is 1. The number of phosphoric ester groups is 1. The number of carbonyl (C=O) groups is 6. The highest BCUT2D eigenvalue weighted by atomic mass is 31.2. The number of rotatable bonds is 20. The number of ether oxygens (including phenoxy) is 4. The molecule has 428 valence electrons. The Bertz CT molecular complexity index is 2920. The molecule has 21 nitrogen and oxygen atoms in total. The van der Waals surface area contributed by atoms with E-state index < -0.39 is 85.8 Å². The number of nitrogens with one attached hydrogen (secondary N) is 2. The van der Waals surface area contributed by atoms with Crippen molar-refractivity contribution >= 4 is 43.0 Å². The fourth-order valence-corrected chi connectivity index (χ4v) is 8.60. The Hall–Kier alpha value is -6.95. The highest BCUT2D eigenvalue weighted by Gasteiger charge is 2.48. The molecule has 0 bridgehead atoms. The minimum atomic E-state index is -4.68. The lowest BCUT2D eigenvalue weighted by molar-refractivity contribution is -0.196. The fraction of sp³-hybridized carbons (Fsp3) is 0.414. The average molecular weight is 1130 g/mol. The Balaban J connectivity index is 0.000000301. The van der Waals surface area contributed by atoms with Crippen LogP contribution < -0.4 is 10.6 Å². The van der Waals surface area contributed by atoms with Gasteiger partial charge in [0.15, 0.2) is 35.2 Å². The van der Waals surface area contributed by atoms with Gasteiger partial charge in [0.1, 0.15) is 25.4 Å². The first-order valence-corrected chi connectivity index (χ1v) is 27.2. The van der Waals surface area contributed by atoms with E-state index in [1.54, 1.807) is 60.7 Å². The molecule has 7 N–H and O–H groups in total. The normalized spacial score (nSPS) is 17.3. The summed E-state index contributed by atoms with van der Waals surface area (Å²) in [4.78, 5) is 96.5. The van der Waals surface area contributed by atoms with Gasteiger partial charge in [-0.1, -0.05) is 47.9 Å². The van der Waals surface area contributed by atoms with Crippen LogP contribution in [0.1, 0.15) is 119 Å². The second-order valence-corrected chi connectivity index (χ2v) is 20.2. The molecule has 0 aromatic heterocycles. The second-order valence-electron chi connectivity index (χ2n) is 18.9. The predicted molar refractivity (Wildman–Crippen MR) is 291 cm³/mol. The highest BCUT2D eigenvalue weighted by Crippen LogP contribution is 2.37. The van der Waals surface area contributed by atoms with Crippen molar-refractivity contribution in [1.29, 1.82) is 0 Å². The number of aliphatic hydroxyl groups excluding tert-OH is 3. The van der Waals surface area contributed by atoms with Gasteiger partial charge in [-0.15, -0.1) is 0 Å². The molecule has 22 heteroatoms. The molecule has 4 aromatic rings. The summed E-state index contributed by atoms with van der Waals surface area (Å²) in [5.41, 5.74) is 0.721. The topological polar surface area (TPSA) is 297 Å². The minimum Gasteiger partial charge on any atom is -0.393 e. The summed E-state index contributed by atoms with van der Waals surface area (Å²) >= 11 is 0. The maximum atomic E-state index is 13.4. The standard InChI is InChI=1S/C34H42N2O8.C24H27N2O9P/c1-34(33(40)35-2,29(38)23-43-30-8-4-6-20-41-30)36(3)32(39)27-18-14-25(15-19-27)11-10-24-12-16-26(17-13-24)28(22-37)44-31-9-5-7-21-42-31;1-24(21(29)14-27,23(31)25-2)26(3)22(30)19-12-8-17(9-13-19)5-4-16-6-10-18(11-7-16)20(28)15-35-36(32,33)34/h12-19,28,30-31,37H,4-9,20-23H2,1-3H3,(H,35,40);6-13,20,27-28H,14-15H2,1-3H3,(H,25,31)(H2,32,33,34)/t28-,30?,31?,34-;20-,24-/m11/s1. The predicted octanol–water partition coefficient (Wildman–Crippen LogP) is 3.72. The van der Waals surface area contributed by atoms with Crippen molar-refractivity contribution in [1.82, 2.24) is 20.4 Å². The van der Waals surface area contributed by atoms with Crippen molar-refractivity contribution in [3.8, 4) is 23.7 Å². The first kappa shape index (κ1) is 63.9. The molecule has 2 saturated heterocycles. The largest absolute Gasteiger partial charge is 0.469 e. The van der Waals surface area contributed by atoms with E-state index in [9.17, 15) is 48.7 Å². The molecule has 4 aromatic carbocycles. The van der Waals surface area contributed by atoms with Crippen molar-refractivity contribution < 1.29 is 81.9 Å². The van der Waals surface area contributed by atoms with Crippen LogP contribution in [0.5, 0.6) is 0 Å². The number of amides is 4. The number of carbonyl (C=O) groups excluding carboxylic acids is 6. The lowest BCUT2D eigenvalue weighted by Gasteiger charge is -2.36. The molecule has 2 aliphatic heterocycles. The lowest BCUT2D eigenvalue weighted by Crippen LogP contribution is -2.62. The van der Waals surface area contributed by atoms with E-state index in [1.165, 1.54) is 54.2 Å². The van der Waals surface area contributed by atoms with E-state index in [0.29, 0.717) is 47.5 Å². The van der Waals surface area contributed by atoms with Gasteiger partial charge in [0.2, 0.25) is 0 Å². The zero-order chi connectivity index (χ0) is 58.6. The number of ketones is 2. The molecular weight excluding hydrogens is 1060 g/mol. The van der Waals surface area contributed by atoms with Gasteiger partial charge in [-0.25, -0.2) is 4.57 Å². The number of aliphatic hydroxyl groups is 3. The molecule has 0 radical (unpaired) electrons. The Morgan fingerprint density at radius 1 is 0.637 bits per heavy atom. The zero-order valence-corrected chi connectivity index (χ0v) is 46.4. The van der Waals surface area contributed by atoms with Crippen LogP contribution in [0.25, 0.3) is 0 Å². The van der Waals surface area contributed by atoms with E-state index in [-0.39, 0.29) is 25.1 Å². The summed E-state index contributed by atoms with van der Waals surface area (Å²) in [5.74, 6) is 8.22. The number of nitrogens with zero attached hydrogens (tertiary/aromatic N) is 2. The van der Waals surface area contributed by atoms with E-state index in [1.807, 2.05) is 24.3 Å². The first-order chi connectivity index (χ1) is 38.1. The molecule has 2 unspecified atom stereocenters. The van der Waals surface area contributed by atoms with Crippen molar-refractivity contribution in [2.75, 3.05) is 67.8 Å². The highest BCUT2D eigenvalue weighted by molar-refractivity contribution is 7.46. The monoisotopic (exact) mass is 1120 g/mol. The third-order valence-corrected chi connectivity index (χ3v) is 14.1. The lowest BCUT2D eigenvalue weighted by atomic mass is 9.92. The van der Waals surface area contributed by atoms with Gasteiger partial charge >= 0.3 is 7.82 Å². The summed E-state index contributed by atoms with van der Waals surface area (Å²) in [5, 5.41) is 33.9. The van der Waals surface area contributed by atoms with Crippen LogP contribution in [-0.4, -0.2) is 162 Å². The average Bonchev–Trinajstić information content (AvgIpc) is 3.57. The first-order valence-electron chi connectivity index (χ1n) is 25.7. The summed E-state index contributed by atoms with van der Waals surface area (Å²) in [7, 11) is 0.800. The quantitative estimate of drug-likeness (QED) is 0.0377. The Morgan fingerprint density at radius 3 is 1.41 bits per heavy atom. The van der Waals surface area contributed by atoms with E-state index in [4.69, 9.17) is 28.7 Å². The molecular formula is C58H69N4O17P. The maximum Gasteiger partial charge on any atom is 0.469 e. The van der Waals surface area contributed by atoms with E-state index in [2.05, 4.69) is 38.8 Å². The van der Waals surface area contributed by atoms with Crippen molar-refractivity contribution in [3.63, 3.8) is 0 Å². The number of hydrogen-bond acceptors (Lipinski definition) is 15. The van der Waals surface area contributed by atoms with E-state index in [0.717, 1.165) is 53.0 Å². The van der Waals surface area contributed by atoms with Crippen LogP contribution in [0.15, 0.2) is 97.1 Å². The Labute approximate surface area is 465 Å². The van der Waals surface area contributed by atoms with Crippen molar-refractivity contribution in [3.05, 3.63) is 142 Å². The number of hydrogen-bond donors (Lipinski definition) is 7. The smallest absolute Gasteiger partial charge is 0.393 e. The zero-order valence-electron chi connectivity index (χ0n) is 45.5. The number of benzene rings is 4. The molecule has 2 fully saturated rings. The van der Waals surface area contributed by atoms with Gasteiger partial charge in [-0.05, 0) is 136 Å². The number of likely N-dealkylation sites (N-methyl/N-ethyl adjacent to an activating group) is 4. The molecule has 0 spiro atoms. The fourth-order valence-electron chi connectivity index (χ4n) is 8.26.